The van der Waals surface area contributed by atoms with Crippen LogP contribution < -0.4 is 21.7 Å². The van der Waals surface area contributed by atoms with Crippen LogP contribution >= 0.6 is 0 Å². The van der Waals surface area contributed by atoms with Crippen LogP contribution in [0.15, 0.2) is 29.2 Å². The summed E-state index contributed by atoms with van der Waals surface area (Å²) in [6.45, 7) is 10.3. The van der Waals surface area contributed by atoms with Crippen molar-refractivity contribution < 1.29 is 32.4 Å². The highest BCUT2D eigenvalue weighted by atomic mass is 32.2. The van der Waals surface area contributed by atoms with Crippen LogP contribution in [0.1, 0.15) is 98.0 Å². The minimum Gasteiger partial charge on any atom is -0.363 e. The molecule has 5 rings (SSSR count). The molecule has 2 aliphatic carbocycles. The van der Waals surface area contributed by atoms with Crippen LogP contribution in [-0.2, 0) is 35.7 Å². The zero-order valence-corrected chi connectivity index (χ0v) is 31.5. The predicted molar refractivity (Wildman–Crippen MR) is 191 cm³/mol. The third-order valence-corrected chi connectivity index (χ3v) is 13.3. The number of sulfonamides is 1. The van der Waals surface area contributed by atoms with E-state index in [4.69, 9.17) is 5.73 Å². The average Bonchev–Trinajstić information content (AvgIpc) is 3.71. The third kappa shape index (κ3) is 8.93. The van der Waals surface area contributed by atoms with Crippen molar-refractivity contribution in [3.63, 3.8) is 0 Å². The molecule has 2 heterocycles. The van der Waals surface area contributed by atoms with E-state index in [0.717, 1.165) is 44.9 Å². The summed E-state index contributed by atoms with van der Waals surface area (Å²) in [4.78, 5) is 68.9. The van der Waals surface area contributed by atoms with E-state index in [1.54, 1.807) is 29.2 Å². The largest absolute Gasteiger partial charge is 0.363 e. The number of amides is 5. The number of nitrogens with zero attached hydrogens (tertiary/aromatic N) is 2. The number of urea groups is 1. The van der Waals surface area contributed by atoms with Gasteiger partial charge >= 0.3 is 6.03 Å². The number of rotatable bonds is 13. The van der Waals surface area contributed by atoms with E-state index in [1.807, 2.05) is 34.6 Å². The fraction of sp³-hybridized carbons (Fsp3) is 0.703. The average molecular weight is 729 g/mol. The van der Waals surface area contributed by atoms with Crippen molar-refractivity contribution in [2.24, 2.45) is 34.8 Å². The lowest BCUT2D eigenvalue weighted by molar-refractivity contribution is -0.144. The summed E-state index contributed by atoms with van der Waals surface area (Å²) in [5, 5.41) is 8.79. The van der Waals surface area contributed by atoms with Crippen molar-refractivity contribution in [2.45, 2.75) is 128 Å². The molecule has 5 N–H and O–H groups in total. The number of Topliss-reactive ketones (excluding diaryl/α,β-unsaturated/α-hetero) is 1. The van der Waals surface area contributed by atoms with Gasteiger partial charge in [0.05, 0.1) is 10.9 Å². The molecule has 2 saturated carbocycles. The van der Waals surface area contributed by atoms with Gasteiger partial charge in [0.15, 0.2) is 0 Å². The monoisotopic (exact) mass is 728 g/mol. The maximum absolute atomic E-state index is 14.6. The molecule has 51 heavy (non-hydrogen) atoms. The molecule has 4 aliphatic rings. The van der Waals surface area contributed by atoms with Crippen LogP contribution in [0.4, 0.5) is 4.79 Å². The summed E-state index contributed by atoms with van der Waals surface area (Å²) < 4.78 is 28.1. The quantitative estimate of drug-likeness (QED) is 0.225. The molecule has 2 unspecified atom stereocenters. The number of benzene rings is 1. The predicted octanol–water partition coefficient (Wildman–Crippen LogP) is 3.07. The molecule has 0 aromatic heterocycles. The Hall–Kier alpha value is -3.52. The van der Waals surface area contributed by atoms with E-state index in [-0.39, 0.29) is 47.6 Å². The summed E-state index contributed by atoms with van der Waals surface area (Å²) >= 11 is 0. The lowest BCUT2D eigenvalue weighted by atomic mass is 9.82. The molecule has 1 aromatic carbocycles. The molecule has 3 fully saturated rings. The summed E-state index contributed by atoms with van der Waals surface area (Å²) in [6, 6.07) is 2.86. The van der Waals surface area contributed by atoms with Crippen molar-refractivity contribution >= 4 is 39.6 Å². The maximum Gasteiger partial charge on any atom is 0.315 e. The number of nitrogens with two attached hydrogens (primary N) is 1. The van der Waals surface area contributed by atoms with Crippen LogP contribution in [0.2, 0.25) is 0 Å². The Morgan fingerprint density at radius 1 is 0.922 bits per heavy atom. The molecule has 14 heteroatoms. The van der Waals surface area contributed by atoms with Gasteiger partial charge in [-0.25, -0.2) is 13.2 Å². The number of nitrogens with one attached hydrogen (secondary N) is 3. The first-order valence-corrected chi connectivity index (χ1v) is 20.0. The van der Waals surface area contributed by atoms with Crippen molar-refractivity contribution in [1.29, 1.82) is 0 Å². The molecule has 0 bridgehead atoms. The number of carbonyl (C=O) groups excluding carboxylic acids is 5. The standard InChI is InChI=1S/C37H56N6O7S/c1-22(2)26-17-18-43(31(26)34(46)39-27(19-23-15-16-23)32(44)33(38)45)35(47)30(24-11-7-6-8-12-24)41-36(48)40-29(37(3,4)5)21-42-20-25-13-9-10-14-28(25)51(42,49)50/h9-10,13-14,22-24,26-27,29-31H,6-8,11-12,15-21H2,1-5H3,(H2,38,45)(H,39,46)(H2,40,41,48)/t26?,27?,29-,30+,31+/m1/s1. The highest BCUT2D eigenvalue weighted by Crippen LogP contribution is 2.36. The third-order valence-electron chi connectivity index (χ3n) is 11.3. The molecule has 0 radical (unpaired) electrons. The van der Waals surface area contributed by atoms with E-state index < -0.39 is 63.2 Å². The van der Waals surface area contributed by atoms with Crippen LogP contribution in [0, 0.1) is 29.1 Å². The lowest BCUT2D eigenvalue weighted by Crippen LogP contribution is -2.61. The number of carbonyl (C=O) groups is 5. The molecule has 1 saturated heterocycles. The van der Waals surface area contributed by atoms with Crippen molar-refractivity contribution in [2.75, 3.05) is 13.1 Å². The molecule has 13 nitrogen and oxygen atoms in total. The number of likely N-dealkylation sites (tertiary alicyclic amines) is 1. The van der Waals surface area contributed by atoms with Crippen molar-refractivity contribution in [3.8, 4) is 0 Å². The zero-order chi connectivity index (χ0) is 37.2. The SMILES string of the molecule is CC(C)C1CCN(C(=O)[C@@H](NC(=O)N[C@H](CN2Cc3ccccc3S2(=O)=O)C(C)(C)C)C2CCCCC2)[C@@H]1C(=O)NC(CC1CC1)C(=O)C(N)=O. The van der Waals surface area contributed by atoms with Gasteiger partial charge in [-0.15, -0.1) is 0 Å². The van der Waals surface area contributed by atoms with E-state index >= 15 is 0 Å². The zero-order valence-electron chi connectivity index (χ0n) is 30.7. The Labute approximate surface area is 302 Å². The van der Waals surface area contributed by atoms with Crippen LogP contribution in [0.3, 0.4) is 0 Å². The van der Waals surface area contributed by atoms with Crippen LogP contribution in [0.5, 0.6) is 0 Å². The Morgan fingerprint density at radius 3 is 2.18 bits per heavy atom. The van der Waals surface area contributed by atoms with Crippen LogP contribution in [-0.4, -0.2) is 84.4 Å². The van der Waals surface area contributed by atoms with Gasteiger partial charge in [0, 0.05) is 25.7 Å². The Balaban J connectivity index is 1.35. The second kappa shape index (κ2) is 15.6. The summed E-state index contributed by atoms with van der Waals surface area (Å²) in [7, 11) is -3.74. The van der Waals surface area contributed by atoms with Crippen molar-refractivity contribution in [3.05, 3.63) is 29.8 Å². The van der Waals surface area contributed by atoms with Gasteiger partial charge in [0.25, 0.3) is 5.91 Å². The Morgan fingerprint density at radius 2 is 1.59 bits per heavy atom. The van der Waals surface area contributed by atoms with E-state index in [1.165, 1.54) is 4.31 Å². The van der Waals surface area contributed by atoms with Gasteiger partial charge in [0.2, 0.25) is 27.6 Å². The first-order valence-electron chi connectivity index (χ1n) is 18.6. The van der Waals surface area contributed by atoms with Gasteiger partial charge in [-0.1, -0.05) is 84.9 Å². The maximum atomic E-state index is 14.6. The molecule has 1 aromatic rings. The summed E-state index contributed by atoms with van der Waals surface area (Å²) in [5.41, 5.74) is 5.51. The topological polar surface area (TPSA) is 188 Å². The van der Waals surface area contributed by atoms with Gasteiger partial charge in [-0.05, 0) is 66.4 Å². The highest BCUT2D eigenvalue weighted by Gasteiger charge is 2.48. The number of hydrogen-bond acceptors (Lipinski definition) is 7. The molecule has 5 amide bonds. The molecule has 282 valence electrons. The van der Waals surface area contributed by atoms with Crippen LogP contribution in [0.25, 0.3) is 0 Å². The summed E-state index contributed by atoms with van der Waals surface area (Å²) in [6.07, 6.45) is 7.04. The molecular weight excluding hydrogens is 673 g/mol. The van der Waals surface area contributed by atoms with E-state index in [0.29, 0.717) is 24.9 Å². The molecule has 0 spiro atoms. The van der Waals surface area contributed by atoms with Gasteiger partial charge in [0.1, 0.15) is 12.1 Å². The first-order chi connectivity index (χ1) is 24.0. The fourth-order valence-corrected chi connectivity index (χ4v) is 9.66. The summed E-state index contributed by atoms with van der Waals surface area (Å²) in [5.74, 6) is -2.87. The number of hydrogen-bond donors (Lipinski definition) is 4. The molecular formula is C37H56N6O7S. The van der Waals surface area contributed by atoms with E-state index in [2.05, 4.69) is 16.0 Å². The number of ketones is 1. The Bertz CT molecular complexity index is 1600. The normalized spacial score (nSPS) is 24.0. The van der Waals surface area contributed by atoms with Crippen molar-refractivity contribution in [1.82, 2.24) is 25.2 Å². The van der Waals surface area contributed by atoms with Gasteiger partial charge < -0.3 is 26.6 Å². The number of primary amides is 1. The second-order valence-electron chi connectivity index (χ2n) is 16.5. The second-order valence-corrected chi connectivity index (χ2v) is 18.4. The smallest absolute Gasteiger partial charge is 0.315 e. The Kier molecular flexibility index (Phi) is 11.8. The molecule has 2 aliphatic heterocycles. The van der Waals surface area contributed by atoms with E-state index in [9.17, 15) is 32.4 Å². The molecule has 5 atom stereocenters. The lowest BCUT2D eigenvalue weighted by Gasteiger charge is -2.38. The first kappa shape index (κ1) is 38.7. The minimum atomic E-state index is -3.74. The fourth-order valence-electron chi connectivity index (χ4n) is 8.02. The minimum absolute atomic E-state index is 0.0391. The van der Waals surface area contributed by atoms with Gasteiger partial charge in [-0.2, -0.15) is 4.31 Å². The number of fused-ring (bicyclic) bond motifs is 1. The highest BCUT2D eigenvalue weighted by molar-refractivity contribution is 7.89. The van der Waals surface area contributed by atoms with Gasteiger partial charge in [-0.3, -0.25) is 19.2 Å².